The van der Waals surface area contributed by atoms with Gasteiger partial charge in [-0.25, -0.2) is 0 Å². The fourth-order valence-corrected chi connectivity index (χ4v) is 2.83. The molecule has 0 radical (unpaired) electrons. The van der Waals surface area contributed by atoms with Gasteiger partial charge in [-0.15, -0.1) is 0 Å². The number of hydrogen-bond acceptors (Lipinski definition) is 3. The first-order valence-electron chi connectivity index (χ1n) is 7.78. The fourth-order valence-electron chi connectivity index (χ4n) is 2.83. The van der Waals surface area contributed by atoms with Crippen LogP contribution in [-0.2, 0) is 13.0 Å². The van der Waals surface area contributed by atoms with E-state index >= 15 is 0 Å². The van der Waals surface area contributed by atoms with E-state index in [4.69, 9.17) is 9.47 Å². The zero-order valence-corrected chi connectivity index (χ0v) is 13.6. The van der Waals surface area contributed by atoms with Crippen LogP contribution < -0.4 is 14.8 Å². The Hall–Kier alpha value is -2.46. The summed E-state index contributed by atoms with van der Waals surface area (Å²) in [6.07, 6.45) is 2.87. The number of aromatic amines is 1. The molecule has 0 spiro atoms. The molecular weight excluding hydrogens is 288 g/mol. The standard InChI is InChI=1S/C19H22N2O2/c1-22-16-6-7-19(23-2)14(12-16)8-10-20-13-15-4-3-5-18-17(15)9-11-21-18/h3-7,9,11-12,20-21H,8,10,13H2,1-2H3. The maximum Gasteiger partial charge on any atom is 0.122 e. The van der Waals surface area contributed by atoms with Crippen LogP contribution >= 0.6 is 0 Å². The van der Waals surface area contributed by atoms with Crippen molar-refractivity contribution in [1.82, 2.24) is 10.3 Å². The molecule has 2 aromatic carbocycles. The van der Waals surface area contributed by atoms with Crippen LogP contribution in [0.5, 0.6) is 11.5 Å². The maximum absolute atomic E-state index is 5.42. The molecular formula is C19H22N2O2. The Kier molecular flexibility index (Phi) is 4.83. The second-order valence-corrected chi connectivity index (χ2v) is 5.46. The second kappa shape index (κ2) is 7.20. The van der Waals surface area contributed by atoms with Gasteiger partial charge in [0.05, 0.1) is 14.2 Å². The zero-order valence-electron chi connectivity index (χ0n) is 13.6. The predicted octanol–water partition coefficient (Wildman–Crippen LogP) is 3.52. The van der Waals surface area contributed by atoms with E-state index in [0.717, 1.165) is 36.6 Å². The molecule has 1 heterocycles. The molecule has 0 aliphatic heterocycles. The molecule has 23 heavy (non-hydrogen) atoms. The first-order valence-corrected chi connectivity index (χ1v) is 7.78. The minimum absolute atomic E-state index is 0.849. The Morgan fingerprint density at radius 1 is 1.00 bits per heavy atom. The monoisotopic (exact) mass is 310 g/mol. The lowest BCUT2D eigenvalue weighted by Gasteiger charge is -2.11. The van der Waals surface area contributed by atoms with Crippen molar-refractivity contribution < 1.29 is 9.47 Å². The Morgan fingerprint density at radius 3 is 2.74 bits per heavy atom. The smallest absolute Gasteiger partial charge is 0.122 e. The highest BCUT2D eigenvalue weighted by atomic mass is 16.5. The average molecular weight is 310 g/mol. The lowest BCUT2D eigenvalue weighted by molar-refractivity contribution is 0.398. The Bertz CT molecular complexity index is 780. The largest absolute Gasteiger partial charge is 0.497 e. The molecule has 2 N–H and O–H groups in total. The number of methoxy groups -OCH3 is 2. The number of hydrogen-bond donors (Lipinski definition) is 2. The summed E-state index contributed by atoms with van der Waals surface area (Å²) in [5.74, 6) is 1.76. The lowest BCUT2D eigenvalue weighted by Crippen LogP contribution is -2.17. The van der Waals surface area contributed by atoms with Gasteiger partial charge in [-0.3, -0.25) is 0 Å². The molecule has 4 nitrogen and oxygen atoms in total. The summed E-state index contributed by atoms with van der Waals surface area (Å²) in [4.78, 5) is 3.25. The molecule has 0 unspecified atom stereocenters. The topological polar surface area (TPSA) is 46.3 Å². The first-order chi connectivity index (χ1) is 11.3. The highest BCUT2D eigenvalue weighted by Gasteiger charge is 2.05. The second-order valence-electron chi connectivity index (χ2n) is 5.46. The van der Waals surface area contributed by atoms with E-state index in [1.807, 2.05) is 24.4 Å². The Labute approximate surface area is 136 Å². The molecule has 4 heteroatoms. The van der Waals surface area contributed by atoms with Crippen molar-refractivity contribution in [1.29, 1.82) is 0 Å². The average Bonchev–Trinajstić information content (AvgIpc) is 3.08. The summed E-state index contributed by atoms with van der Waals surface area (Å²) in [7, 11) is 3.38. The van der Waals surface area contributed by atoms with Crippen LogP contribution in [0.15, 0.2) is 48.7 Å². The number of benzene rings is 2. The van der Waals surface area contributed by atoms with Gasteiger partial charge in [0.25, 0.3) is 0 Å². The third-order valence-electron chi connectivity index (χ3n) is 4.06. The summed E-state index contributed by atoms with van der Waals surface area (Å²) in [5.41, 5.74) is 3.64. The fraction of sp³-hybridized carbons (Fsp3) is 0.263. The molecule has 0 saturated carbocycles. The normalized spacial score (nSPS) is 10.9. The van der Waals surface area contributed by atoms with Crippen LogP contribution in [0, 0.1) is 0 Å². The minimum Gasteiger partial charge on any atom is -0.497 e. The number of fused-ring (bicyclic) bond motifs is 1. The van der Waals surface area contributed by atoms with Crippen molar-refractivity contribution in [3.63, 3.8) is 0 Å². The number of nitrogens with one attached hydrogen (secondary N) is 2. The highest BCUT2D eigenvalue weighted by Crippen LogP contribution is 2.24. The zero-order chi connectivity index (χ0) is 16.1. The molecule has 120 valence electrons. The van der Waals surface area contributed by atoms with Gasteiger partial charge in [-0.05, 0) is 54.4 Å². The van der Waals surface area contributed by atoms with Crippen LogP contribution in [0.25, 0.3) is 10.9 Å². The van der Waals surface area contributed by atoms with Crippen LogP contribution in [0.4, 0.5) is 0 Å². The Morgan fingerprint density at radius 2 is 1.91 bits per heavy atom. The van der Waals surface area contributed by atoms with Gasteiger partial charge >= 0.3 is 0 Å². The molecule has 0 amide bonds. The summed E-state index contributed by atoms with van der Waals surface area (Å²) < 4.78 is 10.7. The van der Waals surface area contributed by atoms with Gasteiger partial charge in [-0.1, -0.05) is 12.1 Å². The number of aromatic nitrogens is 1. The van der Waals surface area contributed by atoms with E-state index in [2.05, 4.69) is 34.6 Å². The van der Waals surface area contributed by atoms with Gasteiger partial charge in [0, 0.05) is 23.6 Å². The minimum atomic E-state index is 0.849. The van der Waals surface area contributed by atoms with Crippen LogP contribution in [-0.4, -0.2) is 25.7 Å². The number of H-pyrrole nitrogens is 1. The van der Waals surface area contributed by atoms with Crippen molar-refractivity contribution in [2.45, 2.75) is 13.0 Å². The molecule has 1 aromatic heterocycles. The van der Waals surface area contributed by atoms with Crippen molar-refractivity contribution >= 4 is 10.9 Å². The van der Waals surface area contributed by atoms with E-state index < -0.39 is 0 Å². The van der Waals surface area contributed by atoms with Crippen molar-refractivity contribution in [2.75, 3.05) is 20.8 Å². The van der Waals surface area contributed by atoms with Crippen molar-refractivity contribution in [3.05, 3.63) is 59.8 Å². The molecule has 0 aliphatic carbocycles. The van der Waals surface area contributed by atoms with E-state index in [1.54, 1.807) is 14.2 Å². The van der Waals surface area contributed by atoms with Gasteiger partial charge in [0.1, 0.15) is 11.5 Å². The molecule has 0 bridgehead atoms. The summed E-state index contributed by atoms with van der Waals surface area (Å²) >= 11 is 0. The molecule has 0 aliphatic rings. The number of rotatable bonds is 7. The Balaban J connectivity index is 1.60. The molecule has 3 rings (SSSR count). The summed E-state index contributed by atoms with van der Waals surface area (Å²) in [6.45, 7) is 1.73. The molecule has 0 atom stereocenters. The SMILES string of the molecule is COc1ccc(OC)c(CCNCc2cccc3[nH]ccc23)c1. The third kappa shape index (κ3) is 3.48. The number of ether oxygens (including phenoxy) is 2. The van der Waals surface area contributed by atoms with Crippen molar-refractivity contribution in [2.24, 2.45) is 0 Å². The molecule has 0 fully saturated rings. The van der Waals surface area contributed by atoms with Gasteiger partial charge in [-0.2, -0.15) is 0 Å². The van der Waals surface area contributed by atoms with Crippen LogP contribution in [0.1, 0.15) is 11.1 Å². The highest BCUT2D eigenvalue weighted by molar-refractivity contribution is 5.82. The van der Waals surface area contributed by atoms with Crippen molar-refractivity contribution in [3.8, 4) is 11.5 Å². The molecule has 0 saturated heterocycles. The van der Waals surface area contributed by atoms with Crippen LogP contribution in [0.2, 0.25) is 0 Å². The lowest BCUT2D eigenvalue weighted by atomic mass is 10.1. The van der Waals surface area contributed by atoms with E-state index in [9.17, 15) is 0 Å². The predicted molar refractivity (Wildman–Crippen MR) is 93.3 cm³/mol. The summed E-state index contributed by atoms with van der Waals surface area (Å²) in [6, 6.07) is 14.4. The van der Waals surface area contributed by atoms with Gasteiger partial charge in [0.2, 0.25) is 0 Å². The van der Waals surface area contributed by atoms with E-state index in [1.165, 1.54) is 16.5 Å². The molecule has 3 aromatic rings. The van der Waals surface area contributed by atoms with Gasteiger partial charge in [0.15, 0.2) is 0 Å². The summed E-state index contributed by atoms with van der Waals surface area (Å²) in [5, 5.41) is 4.79. The quantitative estimate of drug-likeness (QED) is 0.656. The van der Waals surface area contributed by atoms with Gasteiger partial charge < -0.3 is 19.8 Å². The van der Waals surface area contributed by atoms with Crippen LogP contribution in [0.3, 0.4) is 0 Å². The third-order valence-corrected chi connectivity index (χ3v) is 4.06. The first kappa shape index (κ1) is 15.4. The van der Waals surface area contributed by atoms with E-state index in [0.29, 0.717) is 0 Å². The maximum atomic E-state index is 5.42. The van der Waals surface area contributed by atoms with E-state index in [-0.39, 0.29) is 0 Å².